The molecule has 2 nitrogen and oxygen atoms in total. The van der Waals surface area contributed by atoms with Crippen LogP contribution >= 0.6 is 0 Å². The van der Waals surface area contributed by atoms with Gasteiger partial charge < -0.3 is 9.47 Å². The van der Waals surface area contributed by atoms with E-state index in [9.17, 15) is 0 Å². The van der Waals surface area contributed by atoms with Crippen LogP contribution in [0, 0.1) is 24.6 Å². The summed E-state index contributed by atoms with van der Waals surface area (Å²) in [5.74, 6) is 7.05. The van der Waals surface area contributed by atoms with Gasteiger partial charge in [0.2, 0.25) is 0 Å². The summed E-state index contributed by atoms with van der Waals surface area (Å²) < 4.78 is 26.4. The molecule has 0 saturated heterocycles. The first-order valence-electron chi connectivity index (χ1n) is 13.3. The van der Waals surface area contributed by atoms with E-state index in [1.807, 2.05) is 61.5 Å². The number of unbranched alkanes of at least 4 members (excludes halogenated alkanes) is 1. The van der Waals surface area contributed by atoms with Crippen molar-refractivity contribution in [1.29, 1.82) is 0 Å². The first-order valence-corrected chi connectivity index (χ1v) is 13.3. The van der Waals surface area contributed by atoms with Gasteiger partial charge in [0, 0.05) is 5.56 Å². The number of benzene rings is 5. The van der Waals surface area contributed by atoms with E-state index in [0.29, 0.717) is 5.75 Å². The van der Waals surface area contributed by atoms with E-state index in [2.05, 4.69) is 55.2 Å². The number of methoxy groups -OCH3 is 1. The van der Waals surface area contributed by atoms with Gasteiger partial charge in [-0.25, -0.2) is 4.39 Å². The van der Waals surface area contributed by atoms with E-state index in [1.165, 1.54) is 6.07 Å². The zero-order chi connectivity index (χ0) is 27.2. The number of ether oxygens (including phenoxy) is 2. The molecular formula is C36H31FO2. The highest BCUT2D eigenvalue weighted by molar-refractivity contribution is 5.88. The van der Waals surface area contributed by atoms with E-state index in [0.717, 1.165) is 69.4 Å². The molecule has 5 rings (SSSR count). The number of aryl methyl sites for hydroxylation is 1. The maximum atomic E-state index is 15.1. The number of fused-ring (bicyclic) bond motifs is 1. The number of halogens is 1. The minimum atomic E-state index is -0.398. The Kier molecular flexibility index (Phi) is 7.94. The summed E-state index contributed by atoms with van der Waals surface area (Å²) in [6.07, 6.45) is 2.18. The van der Waals surface area contributed by atoms with Crippen molar-refractivity contribution < 1.29 is 13.9 Å². The molecule has 0 aliphatic heterocycles. The lowest BCUT2D eigenvalue weighted by molar-refractivity contribution is 0.309. The molecule has 0 bridgehead atoms. The maximum Gasteiger partial charge on any atom is 0.143 e. The second kappa shape index (κ2) is 11.9. The molecule has 0 saturated carbocycles. The molecule has 39 heavy (non-hydrogen) atoms. The fraction of sp³-hybridized carbons (Fsp3) is 0.167. The average molecular weight is 515 g/mol. The van der Waals surface area contributed by atoms with Crippen molar-refractivity contribution in [3.63, 3.8) is 0 Å². The van der Waals surface area contributed by atoms with Crippen LogP contribution in [0.5, 0.6) is 11.5 Å². The van der Waals surface area contributed by atoms with Crippen LogP contribution < -0.4 is 9.47 Å². The van der Waals surface area contributed by atoms with Gasteiger partial charge >= 0.3 is 0 Å². The molecule has 0 heterocycles. The van der Waals surface area contributed by atoms with Crippen molar-refractivity contribution in [2.24, 2.45) is 0 Å². The highest BCUT2D eigenvalue weighted by atomic mass is 19.1. The molecule has 0 spiro atoms. The topological polar surface area (TPSA) is 18.5 Å². The van der Waals surface area contributed by atoms with Crippen molar-refractivity contribution in [1.82, 2.24) is 0 Å². The molecule has 0 atom stereocenters. The summed E-state index contributed by atoms with van der Waals surface area (Å²) in [7, 11) is 1.54. The van der Waals surface area contributed by atoms with Crippen LogP contribution in [0.25, 0.3) is 33.0 Å². The molecule has 0 aliphatic carbocycles. The zero-order valence-corrected chi connectivity index (χ0v) is 22.6. The Morgan fingerprint density at radius 3 is 2.10 bits per heavy atom. The van der Waals surface area contributed by atoms with E-state index in [1.54, 1.807) is 7.11 Å². The predicted octanol–water partition coefficient (Wildman–Crippen LogP) is 9.21. The molecule has 194 valence electrons. The van der Waals surface area contributed by atoms with Gasteiger partial charge in [0.1, 0.15) is 22.9 Å². The summed E-state index contributed by atoms with van der Waals surface area (Å²) >= 11 is 0. The minimum Gasteiger partial charge on any atom is -0.495 e. The van der Waals surface area contributed by atoms with Crippen molar-refractivity contribution >= 4 is 10.8 Å². The second-order valence-corrected chi connectivity index (χ2v) is 9.65. The molecular weight excluding hydrogens is 483 g/mol. The Labute approximate surface area is 230 Å². The van der Waals surface area contributed by atoms with Crippen molar-refractivity contribution in [3.05, 3.63) is 120 Å². The van der Waals surface area contributed by atoms with E-state index >= 15 is 4.39 Å². The van der Waals surface area contributed by atoms with Crippen LogP contribution in [-0.2, 0) is 0 Å². The molecule has 5 aromatic rings. The highest BCUT2D eigenvalue weighted by Crippen LogP contribution is 2.30. The number of rotatable bonds is 7. The normalized spacial score (nSPS) is 10.7. The minimum absolute atomic E-state index is 0.255. The first kappa shape index (κ1) is 26.1. The van der Waals surface area contributed by atoms with Gasteiger partial charge in [0.25, 0.3) is 0 Å². The molecule has 0 aromatic heterocycles. The van der Waals surface area contributed by atoms with Gasteiger partial charge in [-0.3, -0.25) is 0 Å². The lowest BCUT2D eigenvalue weighted by Gasteiger charge is -2.09. The van der Waals surface area contributed by atoms with E-state index < -0.39 is 5.82 Å². The summed E-state index contributed by atoms with van der Waals surface area (Å²) in [6, 6.07) is 32.0. The second-order valence-electron chi connectivity index (χ2n) is 9.65. The molecule has 0 fully saturated rings. The van der Waals surface area contributed by atoms with Crippen LogP contribution in [0.2, 0.25) is 0 Å². The summed E-state index contributed by atoms with van der Waals surface area (Å²) in [5, 5.41) is 2.19. The van der Waals surface area contributed by atoms with Gasteiger partial charge in [-0.1, -0.05) is 85.3 Å². The third kappa shape index (κ3) is 6.13. The third-order valence-corrected chi connectivity index (χ3v) is 6.79. The SMILES string of the molecule is CCCCOc1ccc(-c2ccc3cc(C#Cc4c(F)cc(-c5ccc(C)cc5)cc4OC)ccc3c2)cc1. The molecule has 0 aliphatic rings. The van der Waals surface area contributed by atoms with Gasteiger partial charge in [0.15, 0.2) is 0 Å². The van der Waals surface area contributed by atoms with Gasteiger partial charge in [-0.2, -0.15) is 0 Å². The van der Waals surface area contributed by atoms with Crippen molar-refractivity contribution in [2.45, 2.75) is 26.7 Å². The van der Waals surface area contributed by atoms with Crippen LogP contribution in [0.4, 0.5) is 4.39 Å². The van der Waals surface area contributed by atoms with Crippen LogP contribution in [-0.4, -0.2) is 13.7 Å². The molecule has 0 unspecified atom stereocenters. The Morgan fingerprint density at radius 2 is 1.36 bits per heavy atom. The lowest BCUT2D eigenvalue weighted by atomic mass is 9.99. The Hall–Kier alpha value is -4.55. The largest absolute Gasteiger partial charge is 0.495 e. The van der Waals surface area contributed by atoms with Gasteiger partial charge in [-0.05, 0) is 88.8 Å². The standard InChI is InChI=1S/C36H31FO2/c1-4-5-20-39-33-17-15-27(16-18-33)30-14-13-29-21-26(8-12-31(29)22-30)9-19-34-35(37)23-32(24-36(34)38-3)28-10-6-25(2)7-11-28/h6-8,10-18,21-24H,4-5,20H2,1-3H3. The van der Waals surface area contributed by atoms with Crippen LogP contribution in [0.3, 0.4) is 0 Å². The molecule has 5 aromatic carbocycles. The van der Waals surface area contributed by atoms with E-state index in [-0.39, 0.29) is 5.56 Å². The molecule has 0 amide bonds. The predicted molar refractivity (Wildman–Crippen MR) is 159 cm³/mol. The average Bonchev–Trinajstić information content (AvgIpc) is 2.96. The van der Waals surface area contributed by atoms with Crippen molar-refractivity contribution in [3.8, 4) is 45.6 Å². The summed E-state index contributed by atoms with van der Waals surface area (Å²) in [4.78, 5) is 0. The highest BCUT2D eigenvalue weighted by Gasteiger charge is 2.11. The van der Waals surface area contributed by atoms with Crippen molar-refractivity contribution in [2.75, 3.05) is 13.7 Å². The third-order valence-electron chi connectivity index (χ3n) is 6.79. The van der Waals surface area contributed by atoms with Gasteiger partial charge in [0.05, 0.1) is 13.7 Å². The number of hydrogen-bond acceptors (Lipinski definition) is 2. The zero-order valence-electron chi connectivity index (χ0n) is 22.6. The van der Waals surface area contributed by atoms with Crippen LogP contribution in [0.15, 0.2) is 97.1 Å². The number of hydrogen-bond donors (Lipinski definition) is 0. The Morgan fingerprint density at radius 1 is 0.692 bits per heavy atom. The summed E-state index contributed by atoms with van der Waals surface area (Å²) in [6.45, 7) is 4.93. The fourth-order valence-corrected chi connectivity index (χ4v) is 4.49. The molecule has 0 radical (unpaired) electrons. The smallest absolute Gasteiger partial charge is 0.143 e. The first-order chi connectivity index (χ1) is 19.0. The Balaban J connectivity index is 1.37. The molecule has 0 N–H and O–H groups in total. The van der Waals surface area contributed by atoms with Gasteiger partial charge in [-0.15, -0.1) is 0 Å². The maximum absolute atomic E-state index is 15.1. The molecule has 3 heteroatoms. The quantitative estimate of drug-likeness (QED) is 0.159. The van der Waals surface area contributed by atoms with E-state index in [4.69, 9.17) is 9.47 Å². The van der Waals surface area contributed by atoms with Crippen LogP contribution in [0.1, 0.15) is 36.5 Å². The Bertz CT molecular complexity index is 1660. The summed E-state index contributed by atoms with van der Waals surface area (Å²) in [5.41, 5.74) is 6.20. The lowest BCUT2D eigenvalue weighted by Crippen LogP contribution is -1.95. The monoisotopic (exact) mass is 514 g/mol. The fourth-order valence-electron chi connectivity index (χ4n) is 4.49.